The van der Waals surface area contributed by atoms with E-state index in [1.165, 1.54) is 0 Å². The fraction of sp³-hybridized carbons (Fsp3) is 0.529. The lowest BCUT2D eigenvalue weighted by Gasteiger charge is -2.21. The molecule has 5 nitrogen and oxygen atoms in total. The Kier molecular flexibility index (Phi) is 7.05. The van der Waals surface area contributed by atoms with Crippen molar-refractivity contribution in [3.05, 3.63) is 28.7 Å². The van der Waals surface area contributed by atoms with E-state index in [9.17, 15) is 9.59 Å². The summed E-state index contributed by atoms with van der Waals surface area (Å²) in [5.41, 5.74) is 0.814. The second-order valence-corrected chi connectivity index (χ2v) is 6.65. The number of hydrogen-bond donors (Lipinski definition) is 1. The number of carbonyl (C=O) groups excluding carboxylic acids is 2. The van der Waals surface area contributed by atoms with E-state index in [0.29, 0.717) is 12.8 Å². The van der Waals surface area contributed by atoms with Crippen LogP contribution in [0.3, 0.4) is 0 Å². The minimum absolute atomic E-state index is 0.0260. The largest absolute Gasteiger partial charge is 0.341 e. The van der Waals surface area contributed by atoms with E-state index in [2.05, 4.69) is 26.1 Å². The summed E-state index contributed by atoms with van der Waals surface area (Å²) in [5.74, 6) is 0.248. The Morgan fingerprint density at radius 2 is 1.87 bits per heavy atom. The summed E-state index contributed by atoms with van der Waals surface area (Å²) < 4.78 is 0.992. The maximum absolute atomic E-state index is 12.0. The van der Waals surface area contributed by atoms with Crippen molar-refractivity contribution in [3.8, 4) is 0 Å². The lowest BCUT2D eigenvalue weighted by atomic mass is 10.3. The van der Waals surface area contributed by atoms with Crippen LogP contribution in [-0.4, -0.2) is 54.3 Å². The summed E-state index contributed by atoms with van der Waals surface area (Å²) in [5, 5.41) is 2.91. The van der Waals surface area contributed by atoms with Crippen LogP contribution in [0.5, 0.6) is 0 Å². The molecule has 1 heterocycles. The lowest BCUT2D eigenvalue weighted by molar-refractivity contribution is -0.130. The minimum Gasteiger partial charge on any atom is -0.341 e. The summed E-state index contributed by atoms with van der Waals surface area (Å²) >= 11 is 3.37. The van der Waals surface area contributed by atoms with E-state index >= 15 is 0 Å². The smallest absolute Gasteiger partial charge is 0.225 e. The third kappa shape index (κ3) is 5.95. The number of amides is 2. The third-order valence-electron chi connectivity index (χ3n) is 4.03. The highest BCUT2D eigenvalue weighted by Gasteiger charge is 2.18. The van der Waals surface area contributed by atoms with E-state index in [1.54, 1.807) is 0 Å². The van der Waals surface area contributed by atoms with Crippen LogP contribution in [0.4, 0.5) is 5.69 Å². The van der Waals surface area contributed by atoms with Gasteiger partial charge in [0.15, 0.2) is 0 Å². The molecule has 2 rings (SSSR count). The first-order valence-corrected chi connectivity index (χ1v) is 8.93. The summed E-state index contributed by atoms with van der Waals surface area (Å²) in [7, 11) is 0. The number of carbonyl (C=O) groups is 2. The van der Waals surface area contributed by atoms with Crippen molar-refractivity contribution in [2.45, 2.75) is 26.2 Å². The second-order valence-electron chi connectivity index (χ2n) is 5.73. The molecule has 0 bridgehead atoms. The molecule has 23 heavy (non-hydrogen) atoms. The maximum atomic E-state index is 12.0. The molecular formula is C17H24BrN3O2. The highest BCUT2D eigenvalue weighted by atomic mass is 79.9. The van der Waals surface area contributed by atoms with Crippen molar-refractivity contribution in [1.29, 1.82) is 0 Å². The number of nitrogens with zero attached hydrogens (tertiary/aromatic N) is 2. The molecule has 1 aliphatic rings. The van der Waals surface area contributed by atoms with Gasteiger partial charge in [-0.1, -0.05) is 22.9 Å². The fourth-order valence-corrected chi connectivity index (χ4v) is 2.95. The van der Waals surface area contributed by atoms with E-state index in [4.69, 9.17) is 0 Å². The molecule has 0 atom stereocenters. The Labute approximate surface area is 146 Å². The molecule has 0 saturated carbocycles. The quantitative estimate of drug-likeness (QED) is 0.852. The number of benzene rings is 1. The Morgan fingerprint density at radius 1 is 1.13 bits per heavy atom. The van der Waals surface area contributed by atoms with E-state index in [0.717, 1.165) is 49.3 Å². The summed E-state index contributed by atoms with van der Waals surface area (Å²) in [6.45, 7) is 6.01. The Morgan fingerprint density at radius 3 is 2.57 bits per heavy atom. The second kappa shape index (κ2) is 9.03. The summed E-state index contributed by atoms with van der Waals surface area (Å²) in [4.78, 5) is 28.0. The first-order chi connectivity index (χ1) is 11.1. The molecule has 126 valence electrons. The lowest BCUT2D eigenvalue weighted by Crippen LogP contribution is -2.35. The Hall–Kier alpha value is -1.40. The van der Waals surface area contributed by atoms with Gasteiger partial charge in [-0.2, -0.15) is 0 Å². The van der Waals surface area contributed by atoms with Gasteiger partial charge in [0.05, 0.1) is 0 Å². The van der Waals surface area contributed by atoms with Crippen LogP contribution in [0.1, 0.15) is 26.2 Å². The monoisotopic (exact) mass is 381 g/mol. The average molecular weight is 382 g/mol. The van der Waals surface area contributed by atoms with Gasteiger partial charge in [0.2, 0.25) is 11.8 Å². The van der Waals surface area contributed by atoms with Crippen molar-refractivity contribution in [3.63, 3.8) is 0 Å². The number of anilines is 1. The van der Waals surface area contributed by atoms with Crippen LogP contribution >= 0.6 is 15.9 Å². The van der Waals surface area contributed by atoms with Crippen molar-refractivity contribution in [2.75, 3.05) is 38.0 Å². The van der Waals surface area contributed by atoms with Crippen LogP contribution < -0.4 is 5.32 Å². The van der Waals surface area contributed by atoms with Crippen molar-refractivity contribution >= 4 is 33.4 Å². The van der Waals surface area contributed by atoms with Gasteiger partial charge in [-0.25, -0.2) is 0 Å². The molecular weight excluding hydrogens is 358 g/mol. The van der Waals surface area contributed by atoms with Gasteiger partial charge in [-0.05, 0) is 37.2 Å². The number of rotatable bonds is 5. The predicted molar refractivity (Wildman–Crippen MR) is 95.3 cm³/mol. The standard InChI is InChI=1S/C17H24BrN3O2/c1-2-17(23)21-10-3-9-20(12-13-21)11-8-16(22)19-15-6-4-14(18)5-7-15/h4-7H,2-3,8-13H2,1H3,(H,19,22). The van der Waals surface area contributed by atoms with Crippen LogP contribution in [0.15, 0.2) is 28.7 Å². The van der Waals surface area contributed by atoms with E-state index in [1.807, 2.05) is 36.1 Å². The van der Waals surface area contributed by atoms with Gasteiger partial charge in [-0.3, -0.25) is 9.59 Å². The number of nitrogens with one attached hydrogen (secondary N) is 1. The highest BCUT2D eigenvalue weighted by Crippen LogP contribution is 2.14. The molecule has 0 unspecified atom stereocenters. The van der Waals surface area contributed by atoms with Gasteiger partial charge >= 0.3 is 0 Å². The zero-order chi connectivity index (χ0) is 16.7. The van der Waals surface area contributed by atoms with Crippen LogP contribution in [0, 0.1) is 0 Å². The highest BCUT2D eigenvalue weighted by molar-refractivity contribution is 9.10. The fourth-order valence-electron chi connectivity index (χ4n) is 2.68. The molecule has 1 N–H and O–H groups in total. The van der Waals surface area contributed by atoms with Crippen LogP contribution in [-0.2, 0) is 9.59 Å². The molecule has 1 fully saturated rings. The molecule has 0 aliphatic carbocycles. The maximum Gasteiger partial charge on any atom is 0.225 e. The number of halogens is 1. The first-order valence-electron chi connectivity index (χ1n) is 8.14. The Balaban J connectivity index is 1.73. The van der Waals surface area contributed by atoms with Gasteiger partial charge in [0.1, 0.15) is 0 Å². The third-order valence-corrected chi connectivity index (χ3v) is 4.56. The molecule has 1 aromatic carbocycles. The predicted octanol–water partition coefficient (Wildman–Crippen LogP) is 2.72. The van der Waals surface area contributed by atoms with Gasteiger partial charge in [-0.15, -0.1) is 0 Å². The Bertz CT molecular complexity index is 533. The summed E-state index contributed by atoms with van der Waals surface area (Å²) in [6, 6.07) is 7.57. The van der Waals surface area contributed by atoms with E-state index < -0.39 is 0 Å². The zero-order valence-electron chi connectivity index (χ0n) is 13.6. The molecule has 1 aliphatic heterocycles. The molecule has 0 spiro atoms. The average Bonchev–Trinajstić information content (AvgIpc) is 2.80. The molecule has 2 amide bonds. The molecule has 1 aromatic rings. The van der Waals surface area contributed by atoms with Crippen LogP contribution in [0.25, 0.3) is 0 Å². The van der Waals surface area contributed by atoms with Crippen molar-refractivity contribution < 1.29 is 9.59 Å². The normalized spacial score (nSPS) is 16.0. The number of hydrogen-bond acceptors (Lipinski definition) is 3. The topological polar surface area (TPSA) is 52.7 Å². The molecule has 1 saturated heterocycles. The molecule has 0 aromatic heterocycles. The molecule has 6 heteroatoms. The van der Waals surface area contributed by atoms with Gasteiger partial charge < -0.3 is 15.1 Å². The summed E-state index contributed by atoms with van der Waals surface area (Å²) in [6.07, 6.45) is 2.01. The first kappa shape index (κ1) is 17.9. The van der Waals surface area contributed by atoms with Crippen LogP contribution in [0.2, 0.25) is 0 Å². The van der Waals surface area contributed by atoms with Crippen molar-refractivity contribution in [2.24, 2.45) is 0 Å². The van der Waals surface area contributed by atoms with E-state index in [-0.39, 0.29) is 11.8 Å². The van der Waals surface area contributed by atoms with Crippen molar-refractivity contribution in [1.82, 2.24) is 9.80 Å². The van der Waals surface area contributed by atoms with Gasteiger partial charge in [0.25, 0.3) is 0 Å². The zero-order valence-corrected chi connectivity index (χ0v) is 15.1. The minimum atomic E-state index is 0.0260. The SMILES string of the molecule is CCC(=O)N1CCCN(CCC(=O)Nc2ccc(Br)cc2)CC1. The molecule has 0 radical (unpaired) electrons. The van der Waals surface area contributed by atoms with Gasteiger partial charge in [0, 0.05) is 49.2 Å².